The zero-order valence-electron chi connectivity index (χ0n) is 13.8. The van der Waals surface area contributed by atoms with Gasteiger partial charge >= 0.3 is 5.97 Å². The van der Waals surface area contributed by atoms with Gasteiger partial charge in [-0.2, -0.15) is 0 Å². The van der Waals surface area contributed by atoms with Gasteiger partial charge in [0, 0.05) is 25.8 Å². The maximum atomic E-state index is 12.2. The number of nitrogens with zero attached hydrogens (tertiary/aromatic N) is 1. The normalized spacial score (nSPS) is 14.1. The highest BCUT2D eigenvalue weighted by atomic mass is 32.2. The van der Waals surface area contributed by atoms with Crippen molar-refractivity contribution in [2.45, 2.75) is 38.0 Å². The number of rotatable bonds is 7. The van der Waals surface area contributed by atoms with E-state index in [9.17, 15) is 18.0 Å². The molecule has 2 atom stereocenters. The van der Waals surface area contributed by atoms with Gasteiger partial charge in [-0.1, -0.05) is 12.1 Å². The first-order valence-corrected chi connectivity index (χ1v) is 9.26. The lowest BCUT2D eigenvalue weighted by Gasteiger charge is -2.29. The summed E-state index contributed by atoms with van der Waals surface area (Å²) in [4.78, 5) is 24.4. The van der Waals surface area contributed by atoms with Crippen LogP contribution < -0.4 is 0 Å². The predicted molar refractivity (Wildman–Crippen MR) is 88.3 cm³/mol. The van der Waals surface area contributed by atoms with E-state index in [1.54, 1.807) is 33.0 Å². The summed E-state index contributed by atoms with van der Waals surface area (Å²) in [6.45, 7) is 3.31. The van der Waals surface area contributed by atoms with Gasteiger partial charge in [0.15, 0.2) is 9.84 Å². The summed E-state index contributed by atoms with van der Waals surface area (Å²) in [5, 5.41) is 8.20. The highest BCUT2D eigenvalue weighted by molar-refractivity contribution is 7.91. The maximum Gasteiger partial charge on any atom is 0.335 e. The molecular weight excluding hydrogens is 318 g/mol. The molecule has 0 saturated carbocycles. The highest BCUT2D eigenvalue weighted by Crippen LogP contribution is 2.13. The van der Waals surface area contributed by atoms with Crippen LogP contribution in [-0.4, -0.2) is 54.9 Å². The molecule has 1 N–H and O–H groups in total. The molecule has 0 aliphatic rings. The second-order valence-corrected chi connectivity index (χ2v) is 8.18. The first-order valence-electron chi connectivity index (χ1n) is 7.30. The van der Waals surface area contributed by atoms with Crippen LogP contribution in [0.25, 0.3) is 0 Å². The third-order valence-corrected chi connectivity index (χ3v) is 5.93. The van der Waals surface area contributed by atoms with E-state index < -0.39 is 27.1 Å². The Labute approximate surface area is 137 Å². The molecule has 0 heterocycles. The summed E-state index contributed by atoms with van der Waals surface area (Å²) >= 11 is 0. The Hall–Kier alpha value is -1.89. The van der Waals surface area contributed by atoms with E-state index in [2.05, 4.69) is 0 Å². The lowest BCUT2D eigenvalue weighted by atomic mass is 10.1. The van der Waals surface area contributed by atoms with Crippen molar-refractivity contribution in [1.29, 1.82) is 0 Å². The zero-order chi connectivity index (χ0) is 17.8. The van der Waals surface area contributed by atoms with Crippen molar-refractivity contribution in [2.75, 3.05) is 13.3 Å². The number of carboxylic acid groups (broad SMARTS) is 1. The van der Waals surface area contributed by atoms with Gasteiger partial charge in [0.1, 0.15) is 0 Å². The number of sulfone groups is 1. The minimum absolute atomic E-state index is 0.143. The number of carbonyl (C=O) groups excluding carboxylic acids is 1. The number of aryl methyl sites for hydroxylation is 1. The number of hydrogen-bond donors (Lipinski definition) is 1. The minimum atomic E-state index is -3.21. The molecule has 0 radical (unpaired) electrons. The Morgan fingerprint density at radius 3 is 2.13 bits per heavy atom. The summed E-state index contributed by atoms with van der Waals surface area (Å²) in [5.74, 6) is -1.13. The van der Waals surface area contributed by atoms with Crippen molar-refractivity contribution >= 4 is 21.7 Å². The SMILES string of the molecule is CC(C(C)S(C)(=O)=O)N(C)C(=O)CCc1ccc(C(=O)O)cc1. The third-order valence-electron chi connectivity index (χ3n) is 4.19. The Balaban J connectivity index is 2.63. The maximum absolute atomic E-state index is 12.2. The fraction of sp³-hybridized carbons (Fsp3) is 0.500. The van der Waals surface area contributed by atoms with Crippen LogP contribution in [0.1, 0.15) is 36.2 Å². The summed E-state index contributed by atoms with van der Waals surface area (Å²) < 4.78 is 23.2. The smallest absolute Gasteiger partial charge is 0.335 e. The molecule has 0 spiro atoms. The van der Waals surface area contributed by atoms with Crippen molar-refractivity contribution in [3.63, 3.8) is 0 Å². The lowest BCUT2D eigenvalue weighted by molar-refractivity contribution is -0.131. The molecule has 23 heavy (non-hydrogen) atoms. The van der Waals surface area contributed by atoms with Crippen LogP contribution in [0.4, 0.5) is 0 Å². The second kappa shape index (κ2) is 7.59. The molecule has 2 unspecified atom stereocenters. The monoisotopic (exact) mass is 341 g/mol. The van der Waals surface area contributed by atoms with Gasteiger partial charge in [-0.15, -0.1) is 0 Å². The number of carboxylic acids is 1. The van der Waals surface area contributed by atoms with E-state index in [4.69, 9.17) is 5.11 Å². The molecule has 1 aromatic rings. The Morgan fingerprint density at radius 2 is 1.70 bits per heavy atom. The molecule has 1 aromatic carbocycles. The Kier molecular flexibility index (Phi) is 6.32. The first kappa shape index (κ1) is 19.2. The lowest BCUT2D eigenvalue weighted by Crippen LogP contribution is -2.44. The summed E-state index contributed by atoms with van der Waals surface area (Å²) in [6, 6.07) is 5.95. The van der Waals surface area contributed by atoms with Crippen LogP contribution >= 0.6 is 0 Å². The fourth-order valence-corrected chi connectivity index (χ4v) is 3.04. The van der Waals surface area contributed by atoms with Gasteiger partial charge < -0.3 is 10.0 Å². The van der Waals surface area contributed by atoms with E-state index in [-0.39, 0.29) is 17.9 Å². The van der Waals surface area contributed by atoms with Crippen molar-refractivity contribution in [2.24, 2.45) is 0 Å². The van der Waals surface area contributed by atoms with Crippen molar-refractivity contribution in [3.8, 4) is 0 Å². The van der Waals surface area contributed by atoms with Crippen LogP contribution in [0.2, 0.25) is 0 Å². The Bertz CT molecular complexity index is 666. The minimum Gasteiger partial charge on any atom is -0.478 e. The molecule has 1 amide bonds. The molecule has 6 nitrogen and oxygen atoms in total. The van der Waals surface area contributed by atoms with Gasteiger partial charge in [-0.3, -0.25) is 4.79 Å². The molecule has 128 valence electrons. The quantitative estimate of drug-likeness (QED) is 0.813. The molecule has 0 bridgehead atoms. The number of benzene rings is 1. The molecule has 7 heteroatoms. The summed E-state index contributed by atoms with van der Waals surface area (Å²) in [7, 11) is -1.61. The van der Waals surface area contributed by atoms with Crippen molar-refractivity contribution in [3.05, 3.63) is 35.4 Å². The van der Waals surface area contributed by atoms with Crippen molar-refractivity contribution < 1.29 is 23.1 Å². The van der Waals surface area contributed by atoms with Gasteiger partial charge in [-0.25, -0.2) is 13.2 Å². The molecular formula is C16H23NO5S. The molecule has 0 aliphatic carbocycles. The van der Waals surface area contributed by atoms with E-state index in [0.29, 0.717) is 6.42 Å². The van der Waals surface area contributed by atoms with Crippen LogP contribution in [0.5, 0.6) is 0 Å². The molecule has 0 fully saturated rings. The van der Waals surface area contributed by atoms with Crippen LogP contribution in [-0.2, 0) is 21.1 Å². The zero-order valence-corrected chi connectivity index (χ0v) is 14.6. The average Bonchev–Trinajstić information content (AvgIpc) is 2.49. The topological polar surface area (TPSA) is 91.8 Å². The number of hydrogen-bond acceptors (Lipinski definition) is 4. The fourth-order valence-electron chi connectivity index (χ4n) is 2.14. The number of aromatic carboxylic acids is 1. The van der Waals surface area contributed by atoms with Gasteiger partial charge in [0.05, 0.1) is 10.8 Å². The predicted octanol–water partition coefficient (Wildman–Crippen LogP) is 1.60. The largest absolute Gasteiger partial charge is 0.478 e. The van der Waals surface area contributed by atoms with Gasteiger partial charge in [-0.05, 0) is 38.0 Å². The van der Waals surface area contributed by atoms with Crippen LogP contribution in [0.3, 0.4) is 0 Å². The summed E-state index contributed by atoms with van der Waals surface area (Å²) in [6.07, 6.45) is 1.88. The van der Waals surface area contributed by atoms with E-state index >= 15 is 0 Å². The third kappa shape index (κ3) is 5.35. The highest BCUT2D eigenvalue weighted by Gasteiger charge is 2.27. The van der Waals surface area contributed by atoms with E-state index in [0.717, 1.165) is 11.8 Å². The van der Waals surface area contributed by atoms with Crippen LogP contribution in [0.15, 0.2) is 24.3 Å². The van der Waals surface area contributed by atoms with Crippen LogP contribution in [0, 0.1) is 0 Å². The second-order valence-electron chi connectivity index (χ2n) is 5.78. The molecule has 0 aromatic heterocycles. The van der Waals surface area contributed by atoms with Crippen molar-refractivity contribution in [1.82, 2.24) is 4.90 Å². The van der Waals surface area contributed by atoms with Gasteiger partial charge in [0.25, 0.3) is 0 Å². The molecule has 0 saturated heterocycles. The standard InChI is InChI=1S/C16H23NO5S/c1-11(12(2)23(4,21)22)17(3)15(18)10-7-13-5-8-14(9-6-13)16(19)20/h5-6,8-9,11-12H,7,10H2,1-4H3,(H,19,20). The number of carbonyl (C=O) groups is 2. The van der Waals surface area contributed by atoms with Gasteiger partial charge in [0.2, 0.25) is 5.91 Å². The van der Waals surface area contributed by atoms with E-state index in [1.807, 2.05) is 0 Å². The first-order chi connectivity index (χ1) is 10.5. The summed E-state index contributed by atoms with van der Waals surface area (Å²) in [5.41, 5.74) is 1.06. The average molecular weight is 341 g/mol. The Morgan fingerprint density at radius 1 is 1.17 bits per heavy atom. The molecule has 0 aliphatic heterocycles. The number of amides is 1. The molecule has 1 rings (SSSR count). The van der Waals surface area contributed by atoms with E-state index in [1.165, 1.54) is 17.0 Å².